The first-order chi connectivity index (χ1) is 9.27. The van der Waals surface area contributed by atoms with Crippen molar-refractivity contribution in [3.8, 4) is 0 Å². The fourth-order valence-electron chi connectivity index (χ4n) is 3.57. The molecule has 0 amide bonds. The summed E-state index contributed by atoms with van der Waals surface area (Å²) in [6, 6.07) is 10.6. The lowest BCUT2D eigenvalue weighted by molar-refractivity contribution is -0.0885. The maximum Gasteiger partial charge on any atom is 0.0942 e. The van der Waals surface area contributed by atoms with Crippen molar-refractivity contribution in [2.75, 3.05) is 13.2 Å². The third-order valence-electron chi connectivity index (χ3n) is 4.65. The maximum absolute atomic E-state index is 10.6. The average Bonchev–Trinajstić information content (AvgIpc) is 2.95. The molecule has 1 aromatic carbocycles. The highest BCUT2D eigenvalue weighted by atomic mass is 16.5. The van der Waals surface area contributed by atoms with Crippen LogP contribution in [0.5, 0.6) is 0 Å². The number of hydrogen-bond acceptors (Lipinski definition) is 3. The first-order valence-electron chi connectivity index (χ1n) is 7.38. The monoisotopic (exact) mass is 261 g/mol. The zero-order valence-corrected chi connectivity index (χ0v) is 11.5. The van der Waals surface area contributed by atoms with Gasteiger partial charge in [0.2, 0.25) is 0 Å². The Bertz CT molecular complexity index is 408. The maximum atomic E-state index is 10.6. The number of morpholine rings is 1. The van der Waals surface area contributed by atoms with Crippen LogP contribution in [0.2, 0.25) is 0 Å². The summed E-state index contributed by atoms with van der Waals surface area (Å²) in [5.74, 6) is 0. The average molecular weight is 261 g/mol. The lowest BCUT2D eigenvalue weighted by Gasteiger charge is -2.43. The van der Waals surface area contributed by atoms with Gasteiger partial charge < -0.3 is 9.84 Å². The Morgan fingerprint density at radius 3 is 2.84 bits per heavy atom. The topological polar surface area (TPSA) is 32.7 Å². The van der Waals surface area contributed by atoms with Crippen LogP contribution in [-0.4, -0.2) is 41.3 Å². The van der Waals surface area contributed by atoms with E-state index in [9.17, 15) is 5.11 Å². The fraction of sp³-hybridized carbons (Fsp3) is 0.625. The van der Waals surface area contributed by atoms with E-state index in [0.29, 0.717) is 12.1 Å². The van der Waals surface area contributed by atoms with Gasteiger partial charge >= 0.3 is 0 Å². The molecule has 0 bridgehead atoms. The molecule has 1 aliphatic heterocycles. The van der Waals surface area contributed by atoms with Crippen molar-refractivity contribution < 1.29 is 9.84 Å². The van der Waals surface area contributed by atoms with Crippen LogP contribution in [0.25, 0.3) is 0 Å². The van der Waals surface area contributed by atoms with Gasteiger partial charge in [-0.3, -0.25) is 4.90 Å². The normalized spacial score (nSPS) is 30.8. The highest BCUT2D eigenvalue weighted by Crippen LogP contribution is 2.33. The number of fused-ring (bicyclic) bond motifs is 1. The Kier molecular flexibility index (Phi) is 3.87. The van der Waals surface area contributed by atoms with E-state index >= 15 is 0 Å². The third-order valence-corrected chi connectivity index (χ3v) is 4.65. The van der Waals surface area contributed by atoms with Crippen molar-refractivity contribution in [1.29, 1.82) is 0 Å². The summed E-state index contributed by atoms with van der Waals surface area (Å²) in [6.07, 6.45) is 3.60. The Morgan fingerprint density at radius 2 is 2.05 bits per heavy atom. The molecular weight excluding hydrogens is 238 g/mol. The summed E-state index contributed by atoms with van der Waals surface area (Å²) in [6.45, 7) is 3.87. The van der Waals surface area contributed by atoms with Crippen LogP contribution >= 0.6 is 0 Å². The fourth-order valence-corrected chi connectivity index (χ4v) is 3.57. The molecule has 1 N–H and O–H groups in total. The van der Waals surface area contributed by atoms with E-state index in [-0.39, 0.29) is 6.04 Å². The van der Waals surface area contributed by atoms with Gasteiger partial charge in [-0.25, -0.2) is 0 Å². The summed E-state index contributed by atoms with van der Waals surface area (Å²) >= 11 is 0. The minimum atomic E-state index is -0.416. The van der Waals surface area contributed by atoms with Crippen LogP contribution in [0, 0.1) is 0 Å². The molecule has 2 fully saturated rings. The molecule has 0 aromatic heterocycles. The molecule has 3 heteroatoms. The lowest BCUT2D eigenvalue weighted by atomic mass is 9.99. The SMILES string of the molecule is CC(C(O)c1ccccc1)N1CCOC2CCCC21. The first-order valence-corrected chi connectivity index (χ1v) is 7.38. The van der Waals surface area contributed by atoms with Gasteiger partial charge in [0.1, 0.15) is 0 Å². The van der Waals surface area contributed by atoms with E-state index < -0.39 is 6.10 Å². The van der Waals surface area contributed by atoms with Crippen molar-refractivity contribution in [2.24, 2.45) is 0 Å². The molecule has 4 atom stereocenters. The van der Waals surface area contributed by atoms with Gasteiger partial charge in [0.25, 0.3) is 0 Å². The van der Waals surface area contributed by atoms with Gasteiger partial charge in [-0.1, -0.05) is 30.3 Å². The van der Waals surface area contributed by atoms with Gasteiger partial charge in [-0.15, -0.1) is 0 Å². The molecule has 19 heavy (non-hydrogen) atoms. The summed E-state index contributed by atoms with van der Waals surface area (Å²) < 4.78 is 5.84. The standard InChI is InChI=1S/C16H23NO2/c1-12(16(18)13-6-3-2-4-7-13)17-10-11-19-15-9-5-8-14(15)17/h2-4,6-7,12,14-16,18H,5,8-11H2,1H3. The molecule has 1 saturated carbocycles. The van der Waals surface area contributed by atoms with Crippen LogP contribution in [0.4, 0.5) is 0 Å². The second-order valence-corrected chi connectivity index (χ2v) is 5.74. The predicted molar refractivity (Wildman–Crippen MR) is 74.9 cm³/mol. The van der Waals surface area contributed by atoms with Crippen molar-refractivity contribution in [1.82, 2.24) is 4.90 Å². The van der Waals surface area contributed by atoms with E-state index in [1.54, 1.807) is 0 Å². The molecule has 1 saturated heterocycles. The van der Waals surface area contributed by atoms with Gasteiger partial charge in [-0.2, -0.15) is 0 Å². The summed E-state index contributed by atoms with van der Waals surface area (Å²) in [5, 5.41) is 10.6. The minimum Gasteiger partial charge on any atom is -0.387 e. The zero-order chi connectivity index (χ0) is 13.2. The Balaban J connectivity index is 1.74. The van der Waals surface area contributed by atoms with Crippen molar-refractivity contribution in [3.05, 3.63) is 35.9 Å². The molecule has 4 unspecified atom stereocenters. The Labute approximate surface area is 115 Å². The minimum absolute atomic E-state index is 0.150. The number of hydrogen-bond donors (Lipinski definition) is 1. The molecule has 3 rings (SSSR count). The predicted octanol–water partition coefficient (Wildman–Crippen LogP) is 2.36. The molecule has 1 aromatic rings. The number of aliphatic hydroxyl groups excluding tert-OH is 1. The molecule has 1 heterocycles. The molecule has 0 radical (unpaired) electrons. The van der Waals surface area contributed by atoms with Crippen LogP contribution in [-0.2, 0) is 4.74 Å². The first kappa shape index (κ1) is 13.1. The van der Waals surface area contributed by atoms with E-state index in [1.807, 2.05) is 30.3 Å². The van der Waals surface area contributed by atoms with Gasteiger partial charge in [0, 0.05) is 18.6 Å². The highest BCUT2D eigenvalue weighted by Gasteiger charge is 2.39. The number of rotatable bonds is 3. The Morgan fingerprint density at radius 1 is 1.26 bits per heavy atom. The second kappa shape index (κ2) is 5.61. The molecule has 0 spiro atoms. The molecule has 1 aliphatic carbocycles. The van der Waals surface area contributed by atoms with E-state index in [2.05, 4.69) is 11.8 Å². The van der Waals surface area contributed by atoms with Gasteiger partial charge in [-0.05, 0) is 31.7 Å². The number of aliphatic hydroxyl groups is 1. The highest BCUT2D eigenvalue weighted by molar-refractivity contribution is 5.19. The van der Waals surface area contributed by atoms with E-state index in [4.69, 9.17) is 4.74 Å². The largest absolute Gasteiger partial charge is 0.387 e. The van der Waals surface area contributed by atoms with Gasteiger partial charge in [0.15, 0.2) is 0 Å². The quantitative estimate of drug-likeness (QED) is 0.906. The van der Waals surface area contributed by atoms with Crippen molar-refractivity contribution >= 4 is 0 Å². The summed E-state index contributed by atoms with van der Waals surface area (Å²) in [4.78, 5) is 2.46. The second-order valence-electron chi connectivity index (χ2n) is 5.74. The number of ether oxygens (including phenoxy) is 1. The van der Waals surface area contributed by atoms with E-state index in [0.717, 1.165) is 18.7 Å². The van der Waals surface area contributed by atoms with Crippen LogP contribution < -0.4 is 0 Å². The molecular formula is C16H23NO2. The van der Waals surface area contributed by atoms with Crippen molar-refractivity contribution in [3.63, 3.8) is 0 Å². The Hall–Kier alpha value is -0.900. The molecule has 104 valence electrons. The summed E-state index contributed by atoms with van der Waals surface area (Å²) in [5.41, 5.74) is 1.01. The lowest BCUT2D eigenvalue weighted by Crippen LogP contribution is -2.53. The number of nitrogens with zero attached hydrogens (tertiary/aromatic N) is 1. The van der Waals surface area contributed by atoms with Crippen molar-refractivity contribution in [2.45, 2.75) is 50.5 Å². The van der Waals surface area contributed by atoms with Gasteiger partial charge in [0.05, 0.1) is 18.8 Å². The summed E-state index contributed by atoms with van der Waals surface area (Å²) in [7, 11) is 0. The van der Waals surface area contributed by atoms with Crippen LogP contribution in [0.15, 0.2) is 30.3 Å². The molecule has 3 nitrogen and oxygen atoms in total. The zero-order valence-electron chi connectivity index (χ0n) is 11.5. The third kappa shape index (κ3) is 2.55. The number of benzene rings is 1. The van der Waals surface area contributed by atoms with Crippen LogP contribution in [0.1, 0.15) is 37.9 Å². The van der Waals surface area contributed by atoms with E-state index in [1.165, 1.54) is 19.3 Å². The smallest absolute Gasteiger partial charge is 0.0942 e. The van der Waals surface area contributed by atoms with Crippen LogP contribution in [0.3, 0.4) is 0 Å². The molecule has 2 aliphatic rings.